The molecule has 1 heterocycles. The van der Waals surface area contributed by atoms with Gasteiger partial charge in [-0.25, -0.2) is 4.79 Å². The lowest BCUT2D eigenvalue weighted by Crippen LogP contribution is -2.17. The largest absolute Gasteiger partial charge is 0.462 e. The zero-order valence-corrected chi connectivity index (χ0v) is 15.4. The monoisotopic (exact) mass is 376 g/mol. The third kappa shape index (κ3) is 4.81. The summed E-state index contributed by atoms with van der Waals surface area (Å²) >= 11 is 2.16. The van der Waals surface area contributed by atoms with Gasteiger partial charge in [-0.05, 0) is 25.1 Å². The molecule has 0 aliphatic rings. The molecule has 0 atom stereocenters. The number of nitrogens with zero attached hydrogens (tertiary/aromatic N) is 2. The van der Waals surface area contributed by atoms with Crippen LogP contribution in [0.1, 0.15) is 24.2 Å². The Balaban J connectivity index is 2.47. The minimum absolute atomic E-state index is 0.0201. The van der Waals surface area contributed by atoms with E-state index in [1.165, 1.54) is 18.3 Å². The first kappa shape index (κ1) is 19.0. The van der Waals surface area contributed by atoms with Crippen molar-refractivity contribution in [1.82, 2.24) is 4.57 Å². The fraction of sp³-hybridized carbons (Fsp3) is 0.294. The average molecular weight is 376 g/mol. The number of terminal acetylenes is 1. The molecule has 6 nitrogen and oxygen atoms in total. The first-order chi connectivity index (χ1) is 12.0. The summed E-state index contributed by atoms with van der Waals surface area (Å²) in [5, 5.41) is -0.143. The molecule has 1 aromatic heterocycles. The summed E-state index contributed by atoms with van der Waals surface area (Å²) in [5.74, 6) is 1.69. The predicted molar refractivity (Wildman–Crippen MR) is 98.3 cm³/mol. The molecule has 0 bridgehead atoms. The summed E-state index contributed by atoms with van der Waals surface area (Å²) in [4.78, 5) is 39.3. The molecule has 1 amide bonds. The van der Waals surface area contributed by atoms with Crippen LogP contribution in [0.15, 0.2) is 23.2 Å². The number of carbonyl (C=O) groups excluding carboxylic acids is 3. The predicted octanol–water partition coefficient (Wildman–Crippen LogP) is 2.22. The van der Waals surface area contributed by atoms with Gasteiger partial charge in [0.25, 0.3) is 5.91 Å². The number of carbonyl (C=O) groups is 3. The second-order valence-corrected chi connectivity index (χ2v) is 7.03. The van der Waals surface area contributed by atoms with Gasteiger partial charge in [0.15, 0.2) is 9.92 Å². The molecule has 8 heteroatoms. The van der Waals surface area contributed by atoms with Gasteiger partial charge in [-0.3, -0.25) is 9.59 Å². The maximum Gasteiger partial charge on any atom is 0.338 e. The van der Waals surface area contributed by atoms with E-state index in [1.807, 2.05) is 0 Å². The highest BCUT2D eigenvalue weighted by Gasteiger charge is 2.12. The maximum absolute atomic E-state index is 11.9. The van der Waals surface area contributed by atoms with Crippen molar-refractivity contribution < 1.29 is 19.1 Å². The fourth-order valence-corrected chi connectivity index (χ4v) is 3.52. The molecule has 2 rings (SSSR count). The lowest BCUT2D eigenvalue weighted by atomic mass is 10.2. The molecule has 0 N–H and O–H groups in total. The number of thioether (sulfide) groups is 1. The summed E-state index contributed by atoms with van der Waals surface area (Å²) in [6.45, 7) is 3.67. The second-order valence-electron chi connectivity index (χ2n) is 4.86. The molecular weight excluding hydrogens is 360 g/mol. The van der Waals surface area contributed by atoms with E-state index in [2.05, 4.69) is 10.9 Å². The van der Waals surface area contributed by atoms with Crippen molar-refractivity contribution >= 4 is 50.3 Å². The van der Waals surface area contributed by atoms with Crippen molar-refractivity contribution in [2.24, 2.45) is 4.99 Å². The van der Waals surface area contributed by atoms with Gasteiger partial charge in [-0.2, -0.15) is 4.99 Å². The van der Waals surface area contributed by atoms with Crippen LogP contribution >= 0.6 is 23.1 Å². The van der Waals surface area contributed by atoms with E-state index in [0.29, 0.717) is 17.0 Å². The molecule has 130 valence electrons. The number of hydrogen-bond acceptors (Lipinski definition) is 6. The van der Waals surface area contributed by atoms with Gasteiger partial charge in [-0.1, -0.05) is 29.0 Å². The first-order valence-electron chi connectivity index (χ1n) is 7.41. The van der Waals surface area contributed by atoms with E-state index in [4.69, 9.17) is 11.2 Å². The van der Waals surface area contributed by atoms with Gasteiger partial charge in [0.05, 0.1) is 34.7 Å². The van der Waals surface area contributed by atoms with E-state index in [1.54, 1.807) is 29.7 Å². The van der Waals surface area contributed by atoms with Gasteiger partial charge in [0.1, 0.15) is 0 Å². The Bertz CT molecular complexity index is 934. The van der Waals surface area contributed by atoms with Crippen molar-refractivity contribution in [3.63, 3.8) is 0 Å². The standard InChI is InChI=1S/C17H16N2O4S2/c1-4-8-19-13-7-6-12(16(22)23-5-2)9-14(13)25-17(19)18-15(21)10-24-11(3)20/h1,6-7,9H,5,8,10H2,2-3H3. The van der Waals surface area contributed by atoms with E-state index < -0.39 is 11.9 Å². The van der Waals surface area contributed by atoms with Crippen LogP contribution in [-0.4, -0.2) is 33.9 Å². The van der Waals surface area contributed by atoms with E-state index in [9.17, 15) is 14.4 Å². The minimum Gasteiger partial charge on any atom is -0.462 e. The molecule has 0 fully saturated rings. The van der Waals surface area contributed by atoms with Crippen LogP contribution in [0.3, 0.4) is 0 Å². The van der Waals surface area contributed by atoms with Crippen molar-refractivity contribution in [1.29, 1.82) is 0 Å². The molecule has 0 unspecified atom stereocenters. The van der Waals surface area contributed by atoms with Gasteiger partial charge in [-0.15, -0.1) is 6.42 Å². The molecule has 25 heavy (non-hydrogen) atoms. The number of thiazole rings is 1. The summed E-state index contributed by atoms with van der Waals surface area (Å²) in [6.07, 6.45) is 5.41. The Morgan fingerprint density at radius 3 is 2.80 bits per heavy atom. The molecule has 2 aromatic rings. The first-order valence-corrected chi connectivity index (χ1v) is 9.21. The zero-order valence-electron chi connectivity index (χ0n) is 13.8. The number of amides is 1. The van der Waals surface area contributed by atoms with Crippen molar-refractivity contribution in [2.45, 2.75) is 20.4 Å². The SMILES string of the molecule is C#CCn1c(=NC(=O)CSC(C)=O)sc2cc(C(=O)OCC)ccc21. The number of hydrogen-bond donors (Lipinski definition) is 0. The van der Waals surface area contributed by atoms with Crippen LogP contribution < -0.4 is 4.80 Å². The third-order valence-electron chi connectivity index (χ3n) is 3.06. The highest BCUT2D eigenvalue weighted by Crippen LogP contribution is 2.20. The smallest absolute Gasteiger partial charge is 0.338 e. The molecule has 0 aliphatic heterocycles. The quantitative estimate of drug-likeness (QED) is 0.591. The summed E-state index contributed by atoms with van der Waals surface area (Å²) in [6, 6.07) is 5.10. The van der Waals surface area contributed by atoms with Gasteiger partial charge < -0.3 is 9.30 Å². The number of esters is 1. The molecular formula is C17H16N2O4S2. The van der Waals surface area contributed by atoms with Crippen LogP contribution in [-0.2, 0) is 20.9 Å². The van der Waals surface area contributed by atoms with Crippen LogP contribution in [0.4, 0.5) is 0 Å². The molecule has 0 saturated carbocycles. The van der Waals surface area contributed by atoms with Crippen LogP contribution in [0.5, 0.6) is 0 Å². The molecule has 1 aromatic carbocycles. The van der Waals surface area contributed by atoms with Crippen molar-refractivity contribution in [3.05, 3.63) is 28.6 Å². The zero-order chi connectivity index (χ0) is 18.4. The summed E-state index contributed by atoms with van der Waals surface area (Å²) in [5.41, 5.74) is 1.20. The van der Waals surface area contributed by atoms with Crippen LogP contribution in [0.25, 0.3) is 10.2 Å². The van der Waals surface area contributed by atoms with Crippen LogP contribution in [0, 0.1) is 12.3 Å². The Morgan fingerprint density at radius 1 is 1.40 bits per heavy atom. The Hall–Kier alpha value is -2.37. The highest BCUT2D eigenvalue weighted by atomic mass is 32.2. The number of ether oxygens (including phenoxy) is 1. The summed E-state index contributed by atoms with van der Waals surface area (Å²) in [7, 11) is 0. The molecule has 0 aliphatic carbocycles. The van der Waals surface area contributed by atoms with Crippen molar-refractivity contribution in [2.75, 3.05) is 12.4 Å². The van der Waals surface area contributed by atoms with Crippen LogP contribution in [0.2, 0.25) is 0 Å². The van der Waals surface area contributed by atoms with Gasteiger partial charge in [0.2, 0.25) is 0 Å². The van der Waals surface area contributed by atoms with E-state index >= 15 is 0 Å². The summed E-state index contributed by atoms with van der Waals surface area (Å²) < 4.78 is 7.49. The Kier molecular flexibility index (Phi) is 6.56. The lowest BCUT2D eigenvalue weighted by molar-refractivity contribution is -0.116. The average Bonchev–Trinajstić information content (AvgIpc) is 2.90. The fourth-order valence-electron chi connectivity index (χ4n) is 2.05. The second kappa shape index (κ2) is 8.65. The maximum atomic E-state index is 11.9. The van der Waals surface area contributed by atoms with Gasteiger partial charge in [0, 0.05) is 6.92 Å². The Morgan fingerprint density at radius 2 is 2.16 bits per heavy atom. The third-order valence-corrected chi connectivity index (χ3v) is 4.90. The lowest BCUT2D eigenvalue weighted by Gasteiger charge is -2.03. The van der Waals surface area contributed by atoms with E-state index in [0.717, 1.165) is 22.0 Å². The topological polar surface area (TPSA) is 77.7 Å². The number of fused-ring (bicyclic) bond motifs is 1. The number of benzene rings is 1. The van der Waals surface area contributed by atoms with E-state index in [-0.39, 0.29) is 17.4 Å². The molecule has 0 radical (unpaired) electrons. The highest BCUT2D eigenvalue weighted by molar-refractivity contribution is 8.14. The molecule has 0 saturated heterocycles. The van der Waals surface area contributed by atoms with Gasteiger partial charge >= 0.3 is 5.97 Å². The number of aromatic nitrogens is 1. The molecule has 0 spiro atoms. The Labute approximate surface area is 152 Å². The normalized spacial score (nSPS) is 11.3. The minimum atomic E-state index is -0.414. The van der Waals surface area contributed by atoms with Crippen molar-refractivity contribution in [3.8, 4) is 12.3 Å². The number of rotatable bonds is 5.